The van der Waals surface area contributed by atoms with Gasteiger partial charge in [0, 0.05) is 20.3 Å². The summed E-state index contributed by atoms with van der Waals surface area (Å²) in [7, 11) is 3.10. The summed E-state index contributed by atoms with van der Waals surface area (Å²) in [5, 5.41) is 9.38. The van der Waals surface area contributed by atoms with Crippen LogP contribution in [0.25, 0.3) is 0 Å². The van der Waals surface area contributed by atoms with E-state index in [1.54, 1.807) is 14.2 Å². The van der Waals surface area contributed by atoms with Crippen molar-refractivity contribution in [2.45, 2.75) is 18.9 Å². The smallest absolute Gasteiger partial charge is 0.127 e. The molecule has 0 radical (unpaired) electrons. The molecular formula is C12H17FO3. The lowest BCUT2D eigenvalue weighted by molar-refractivity contribution is -0.0722. The highest BCUT2D eigenvalue weighted by atomic mass is 19.1. The van der Waals surface area contributed by atoms with E-state index in [9.17, 15) is 9.50 Å². The summed E-state index contributed by atoms with van der Waals surface area (Å²) in [5.74, 6) is -0.595. The quantitative estimate of drug-likeness (QED) is 0.841. The van der Waals surface area contributed by atoms with Crippen molar-refractivity contribution in [1.82, 2.24) is 0 Å². The topological polar surface area (TPSA) is 38.7 Å². The Morgan fingerprint density at radius 1 is 1.31 bits per heavy atom. The van der Waals surface area contributed by atoms with Gasteiger partial charge >= 0.3 is 0 Å². The van der Waals surface area contributed by atoms with E-state index in [0.717, 1.165) is 6.07 Å². The van der Waals surface area contributed by atoms with Crippen LogP contribution in [0.3, 0.4) is 0 Å². The van der Waals surface area contributed by atoms with E-state index >= 15 is 0 Å². The molecule has 1 N–H and O–H groups in total. The molecule has 0 aliphatic carbocycles. The number of methoxy groups -OCH3 is 2. The molecule has 0 aliphatic heterocycles. The van der Waals surface area contributed by atoms with Crippen molar-refractivity contribution in [2.75, 3.05) is 20.8 Å². The fourth-order valence-electron chi connectivity index (χ4n) is 1.78. The van der Waals surface area contributed by atoms with Gasteiger partial charge in [0.25, 0.3) is 0 Å². The van der Waals surface area contributed by atoms with Gasteiger partial charge in [0.15, 0.2) is 0 Å². The Morgan fingerprint density at radius 3 is 2.44 bits per heavy atom. The van der Waals surface area contributed by atoms with Crippen LogP contribution in [0.1, 0.15) is 18.9 Å². The number of aromatic hydroxyl groups is 1. The number of phenols is 1. The van der Waals surface area contributed by atoms with E-state index in [-0.39, 0.29) is 5.75 Å². The van der Waals surface area contributed by atoms with Gasteiger partial charge in [-0.15, -0.1) is 0 Å². The van der Waals surface area contributed by atoms with Crippen LogP contribution in [0, 0.1) is 5.82 Å². The van der Waals surface area contributed by atoms with E-state index in [1.807, 2.05) is 6.92 Å². The predicted octanol–water partition coefficient (Wildman–Crippen LogP) is 2.43. The van der Waals surface area contributed by atoms with Gasteiger partial charge in [-0.2, -0.15) is 0 Å². The number of rotatable bonds is 5. The lowest BCUT2D eigenvalue weighted by Crippen LogP contribution is -2.33. The molecule has 16 heavy (non-hydrogen) atoms. The van der Waals surface area contributed by atoms with Gasteiger partial charge in [-0.3, -0.25) is 0 Å². The molecule has 4 heteroatoms. The van der Waals surface area contributed by atoms with E-state index in [4.69, 9.17) is 9.47 Å². The summed E-state index contributed by atoms with van der Waals surface area (Å²) in [6, 6.07) is 3.91. The number of halogens is 1. The van der Waals surface area contributed by atoms with Crippen molar-refractivity contribution in [3.05, 3.63) is 29.6 Å². The zero-order valence-corrected chi connectivity index (χ0v) is 9.79. The Balaban J connectivity index is 3.19. The zero-order chi connectivity index (χ0) is 12.2. The molecule has 0 heterocycles. The second kappa shape index (κ2) is 5.27. The molecule has 1 atom stereocenters. The predicted molar refractivity (Wildman–Crippen MR) is 58.9 cm³/mol. The van der Waals surface area contributed by atoms with Gasteiger partial charge in [0.1, 0.15) is 17.2 Å². The molecule has 0 spiro atoms. The average Bonchev–Trinajstić information content (AvgIpc) is 2.24. The summed E-state index contributed by atoms with van der Waals surface area (Å²) in [6.07, 6.45) is 0.625. The highest BCUT2D eigenvalue weighted by molar-refractivity contribution is 5.32. The minimum Gasteiger partial charge on any atom is -0.508 e. The van der Waals surface area contributed by atoms with Gasteiger partial charge in [0.05, 0.1) is 6.61 Å². The van der Waals surface area contributed by atoms with E-state index < -0.39 is 11.4 Å². The largest absolute Gasteiger partial charge is 0.508 e. The van der Waals surface area contributed by atoms with E-state index in [2.05, 4.69) is 0 Å². The molecule has 0 fully saturated rings. The van der Waals surface area contributed by atoms with Crippen LogP contribution in [0.15, 0.2) is 18.2 Å². The third-order valence-electron chi connectivity index (χ3n) is 2.75. The Kier molecular flexibility index (Phi) is 4.26. The molecule has 0 aliphatic rings. The Labute approximate surface area is 94.8 Å². The Hall–Kier alpha value is -1.13. The average molecular weight is 228 g/mol. The van der Waals surface area contributed by atoms with Crippen LogP contribution in [0.2, 0.25) is 0 Å². The maximum absolute atomic E-state index is 13.2. The molecule has 0 amide bonds. The second-order valence-electron chi connectivity index (χ2n) is 3.68. The van der Waals surface area contributed by atoms with E-state index in [0.29, 0.717) is 18.6 Å². The summed E-state index contributed by atoms with van der Waals surface area (Å²) in [5.41, 5.74) is -0.134. The standard InChI is InChI=1S/C12H17FO3/c1-4-12(16-3,8-15-2)9-5-10(13)7-11(14)6-9/h5-7,14H,4,8H2,1-3H3/t12-/m0/s1. The first-order valence-corrected chi connectivity index (χ1v) is 5.12. The Morgan fingerprint density at radius 2 is 2.00 bits per heavy atom. The first kappa shape index (κ1) is 12.9. The molecule has 3 nitrogen and oxygen atoms in total. The summed E-state index contributed by atoms with van der Waals surface area (Å²) in [4.78, 5) is 0. The van der Waals surface area contributed by atoms with Crippen LogP contribution in [-0.4, -0.2) is 25.9 Å². The summed E-state index contributed by atoms with van der Waals surface area (Å²) in [6.45, 7) is 2.23. The lowest BCUT2D eigenvalue weighted by Gasteiger charge is -2.31. The molecule has 1 aromatic rings. The zero-order valence-electron chi connectivity index (χ0n) is 9.79. The van der Waals surface area contributed by atoms with Gasteiger partial charge < -0.3 is 14.6 Å². The maximum atomic E-state index is 13.2. The minimum absolute atomic E-state index is 0.110. The molecule has 0 saturated carbocycles. The molecule has 1 rings (SSSR count). The van der Waals surface area contributed by atoms with Crippen molar-refractivity contribution in [3.8, 4) is 5.75 Å². The van der Waals surface area contributed by atoms with Gasteiger partial charge in [-0.05, 0) is 24.1 Å². The van der Waals surface area contributed by atoms with Crippen molar-refractivity contribution in [3.63, 3.8) is 0 Å². The van der Waals surface area contributed by atoms with Gasteiger partial charge in [-0.1, -0.05) is 6.92 Å². The number of benzene rings is 1. The number of phenolic OH excluding ortho intramolecular Hbond substituents is 1. The summed E-state index contributed by atoms with van der Waals surface area (Å²) < 4.78 is 23.7. The van der Waals surface area contributed by atoms with E-state index in [1.165, 1.54) is 12.1 Å². The van der Waals surface area contributed by atoms with Crippen LogP contribution >= 0.6 is 0 Å². The number of hydrogen-bond acceptors (Lipinski definition) is 3. The molecule has 0 bridgehead atoms. The van der Waals surface area contributed by atoms with Crippen LogP contribution in [0.4, 0.5) is 4.39 Å². The maximum Gasteiger partial charge on any atom is 0.127 e. The van der Waals surface area contributed by atoms with Crippen molar-refractivity contribution in [1.29, 1.82) is 0 Å². The minimum atomic E-state index is -0.714. The fourth-order valence-corrected chi connectivity index (χ4v) is 1.78. The SMILES string of the molecule is CC[C@@](COC)(OC)c1cc(O)cc(F)c1. The highest BCUT2D eigenvalue weighted by Gasteiger charge is 2.31. The van der Waals surface area contributed by atoms with Crippen LogP contribution < -0.4 is 0 Å². The van der Waals surface area contributed by atoms with Crippen molar-refractivity contribution in [2.24, 2.45) is 0 Å². The normalized spacial score (nSPS) is 14.8. The fraction of sp³-hybridized carbons (Fsp3) is 0.500. The lowest BCUT2D eigenvalue weighted by atomic mass is 9.91. The second-order valence-corrected chi connectivity index (χ2v) is 3.68. The first-order chi connectivity index (χ1) is 7.57. The third kappa shape index (κ3) is 2.51. The Bertz CT molecular complexity index is 328. The number of ether oxygens (including phenoxy) is 2. The molecule has 0 saturated heterocycles. The molecule has 0 unspecified atom stereocenters. The van der Waals surface area contributed by atoms with Crippen molar-refractivity contribution >= 4 is 0 Å². The highest BCUT2D eigenvalue weighted by Crippen LogP contribution is 2.31. The van der Waals surface area contributed by atoms with Gasteiger partial charge in [0.2, 0.25) is 0 Å². The molecule has 0 aromatic heterocycles. The first-order valence-electron chi connectivity index (χ1n) is 5.12. The summed E-state index contributed by atoms with van der Waals surface area (Å²) >= 11 is 0. The van der Waals surface area contributed by atoms with Gasteiger partial charge in [-0.25, -0.2) is 4.39 Å². The van der Waals surface area contributed by atoms with Crippen molar-refractivity contribution < 1.29 is 19.0 Å². The molecular weight excluding hydrogens is 211 g/mol. The van der Waals surface area contributed by atoms with Crippen LogP contribution in [0.5, 0.6) is 5.75 Å². The third-order valence-corrected chi connectivity index (χ3v) is 2.75. The van der Waals surface area contributed by atoms with Crippen LogP contribution in [-0.2, 0) is 15.1 Å². The molecule has 1 aromatic carbocycles. The monoisotopic (exact) mass is 228 g/mol. The number of hydrogen-bond donors (Lipinski definition) is 1. The molecule has 90 valence electrons.